The topological polar surface area (TPSA) is 93.0 Å². The van der Waals surface area contributed by atoms with Gasteiger partial charge in [0, 0.05) is 12.5 Å². The van der Waals surface area contributed by atoms with Crippen molar-refractivity contribution in [3.63, 3.8) is 0 Å². The highest BCUT2D eigenvalue weighted by molar-refractivity contribution is 7.71. The summed E-state index contributed by atoms with van der Waals surface area (Å²) in [7, 11) is 3.54. The first-order valence-electron chi connectivity index (χ1n) is 9.76. The molecule has 0 fully saturated rings. The lowest BCUT2D eigenvalue weighted by Gasteiger charge is -2.35. The molecule has 0 bridgehead atoms. The maximum Gasteiger partial charge on any atom is 0.260 e. The Kier molecular flexibility index (Phi) is 5.04. The van der Waals surface area contributed by atoms with E-state index in [9.17, 15) is 9.90 Å². The van der Waals surface area contributed by atoms with E-state index in [-0.39, 0.29) is 29.0 Å². The Hall–Kier alpha value is -2.52. The molecular weight excluding hydrogens is 394 g/mol. The summed E-state index contributed by atoms with van der Waals surface area (Å²) in [6, 6.07) is 1.32. The SMILES string of the molecule is CC[C@H](C)n1c([O-])c([C@@H]2c3c(cc4c(c3OC)OCO4)CC[NH+]2C)c(=O)[nH]c1=S. The second-order valence-corrected chi connectivity index (χ2v) is 7.99. The molecule has 9 heteroatoms. The van der Waals surface area contributed by atoms with Gasteiger partial charge in [0.2, 0.25) is 12.5 Å². The van der Waals surface area contributed by atoms with Gasteiger partial charge >= 0.3 is 0 Å². The van der Waals surface area contributed by atoms with Gasteiger partial charge in [-0.25, -0.2) is 0 Å². The summed E-state index contributed by atoms with van der Waals surface area (Å²) in [5.74, 6) is 1.33. The number of fused-ring (bicyclic) bond motifs is 2. The zero-order valence-corrected chi connectivity index (χ0v) is 17.8. The minimum Gasteiger partial charge on any atom is -0.859 e. The van der Waals surface area contributed by atoms with Gasteiger partial charge in [-0.15, -0.1) is 0 Å². The Balaban J connectivity index is 2.01. The van der Waals surface area contributed by atoms with Gasteiger partial charge in [0.05, 0.1) is 31.8 Å². The van der Waals surface area contributed by atoms with Crippen LogP contribution in [0.25, 0.3) is 0 Å². The molecule has 2 aliphatic rings. The van der Waals surface area contributed by atoms with Crippen molar-refractivity contribution in [3.8, 4) is 23.1 Å². The number of hydrogen-bond acceptors (Lipinski definition) is 6. The van der Waals surface area contributed by atoms with Gasteiger partial charge in [-0.2, -0.15) is 0 Å². The van der Waals surface area contributed by atoms with Gasteiger partial charge in [0.1, 0.15) is 6.04 Å². The van der Waals surface area contributed by atoms with Crippen LogP contribution in [-0.2, 0) is 6.42 Å². The highest BCUT2D eigenvalue weighted by Crippen LogP contribution is 2.48. The summed E-state index contributed by atoms with van der Waals surface area (Å²) < 4.78 is 18.5. The molecule has 2 aliphatic heterocycles. The first-order chi connectivity index (χ1) is 13.9. The van der Waals surface area contributed by atoms with Crippen LogP contribution in [0.4, 0.5) is 0 Å². The molecule has 0 aliphatic carbocycles. The van der Waals surface area contributed by atoms with Crippen LogP contribution in [0.1, 0.15) is 49.0 Å². The van der Waals surface area contributed by atoms with E-state index < -0.39 is 11.6 Å². The van der Waals surface area contributed by atoms with Gasteiger partial charge in [-0.05, 0) is 43.1 Å². The third-order valence-corrected chi connectivity index (χ3v) is 6.27. The maximum absolute atomic E-state index is 13.5. The van der Waals surface area contributed by atoms with Crippen molar-refractivity contribution in [1.29, 1.82) is 0 Å². The van der Waals surface area contributed by atoms with Crippen LogP contribution < -0.4 is 29.8 Å². The Morgan fingerprint density at radius 3 is 2.90 bits per heavy atom. The number of nitrogens with one attached hydrogen (secondary N) is 2. The number of aromatic nitrogens is 2. The molecule has 2 N–H and O–H groups in total. The van der Waals surface area contributed by atoms with Gasteiger partial charge in [-0.3, -0.25) is 9.78 Å². The Morgan fingerprint density at radius 1 is 1.45 bits per heavy atom. The smallest absolute Gasteiger partial charge is 0.260 e. The van der Waals surface area contributed by atoms with E-state index in [2.05, 4.69) is 4.98 Å². The predicted octanol–water partition coefficient (Wildman–Crippen LogP) is 0.848. The zero-order chi connectivity index (χ0) is 20.9. The number of rotatable bonds is 4. The van der Waals surface area contributed by atoms with Gasteiger partial charge in [0.25, 0.3) is 5.56 Å². The third-order valence-electron chi connectivity index (χ3n) is 5.97. The van der Waals surface area contributed by atoms with E-state index in [1.807, 2.05) is 27.0 Å². The van der Waals surface area contributed by atoms with Crippen LogP contribution >= 0.6 is 12.2 Å². The molecule has 0 saturated carbocycles. The molecule has 0 amide bonds. The summed E-state index contributed by atoms with van der Waals surface area (Å²) in [5, 5.41) is 13.5. The van der Waals surface area contributed by atoms with E-state index in [1.54, 1.807) is 7.11 Å². The Morgan fingerprint density at radius 2 is 2.21 bits per heavy atom. The first-order valence-corrected chi connectivity index (χ1v) is 10.2. The number of likely N-dealkylation sites (N-methyl/N-ethyl adjacent to an activating group) is 1. The number of methoxy groups -OCH3 is 1. The third kappa shape index (κ3) is 3.00. The second kappa shape index (κ2) is 7.38. The lowest BCUT2D eigenvalue weighted by molar-refractivity contribution is -0.908. The van der Waals surface area contributed by atoms with Crippen LogP contribution in [0.5, 0.6) is 23.1 Å². The molecule has 3 heterocycles. The van der Waals surface area contributed by atoms with Crippen molar-refractivity contribution in [2.24, 2.45) is 0 Å². The van der Waals surface area contributed by atoms with Crippen molar-refractivity contribution >= 4 is 12.2 Å². The number of quaternary nitrogens is 1. The lowest BCUT2D eigenvalue weighted by Crippen LogP contribution is -3.10. The quantitative estimate of drug-likeness (QED) is 0.714. The molecular formula is C20H25N3O5S. The average Bonchev–Trinajstić information content (AvgIpc) is 3.15. The monoisotopic (exact) mass is 419 g/mol. The highest BCUT2D eigenvalue weighted by Gasteiger charge is 2.39. The largest absolute Gasteiger partial charge is 0.859 e. The number of benzene rings is 1. The molecule has 8 nitrogen and oxygen atoms in total. The van der Waals surface area contributed by atoms with Crippen LogP contribution in [0.3, 0.4) is 0 Å². The molecule has 0 spiro atoms. The molecule has 3 atom stereocenters. The molecule has 1 aromatic carbocycles. The van der Waals surface area contributed by atoms with Crippen molar-refractivity contribution in [2.45, 2.75) is 38.8 Å². The van der Waals surface area contributed by atoms with E-state index in [0.717, 1.165) is 35.4 Å². The Labute approximate surface area is 173 Å². The molecule has 29 heavy (non-hydrogen) atoms. The first kappa shape index (κ1) is 19.8. The highest BCUT2D eigenvalue weighted by atomic mass is 32.1. The summed E-state index contributed by atoms with van der Waals surface area (Å²) in [6.45, 7) is 4.78. The normalized spacial score (nSPS) is 21.0. The number of ether oxygens (including phenoxy) is 3. The maximum atomic E-state index is 13.5. The Bertz CT molecular complexity index is 1080. The van der Waals surface area contributed by atoms with Crippen molar-refractivity contribution in [1.82, 2.24) is 9.55 Å². The fourth-order valence-electron chi connectivity index (χ4n) is 4.30. The summed E-state index contributed by atoms with van der Waals surface area (Å²) in [6.07, 6.45) is 1.50. The van der Waals surface area contributed by atoms with Crippen LogP contribution in [-0.4, -0.2) is 37.0 Å². The van der Waals surface area contributed by atoms with Crippen molar-refractivity contribution in [2.75, 3.05) is 27.5 Å². The van der Waals surface area contributed by atoms with Crippen LogP contribution in [0.15, 0.2) is 10.9 Å². The molecule has 0 saturated heterocycles. The van der Waals surface area contributed by atoms with Gasteiger partial charge in [-0.1, -0.05) is 6.92 Å². The number of nitrogens with zero attached hydrogens (tertiary/aromatic N) is 1. The lowest BCUT2D eigenvalue weighted by atomic mass is 9.87. The van der Waals surface area contributed by atoms with E-state index in [4.69, 9.17) is 26.4 Å². The number of H-pyrrole nitrogens is 1. The van der Waals surface area contributed by atoms with Crippen molar-refractivity contribution < 1.29 is 24.2 Å². The fourth-order valence-corrected chi connectivity index (χ4v) is 4.65. The minimum atomic E-state index is -0.495. The fraction of sp³-hybridized carbons (Fsp3) is 0.500. The molecule has 4 rings (SSSR count). The number of aromatic amines is 1. The van der Waals surface area contributed by atoms with Gasteiger partial charge < -0.3 is 28.8 Å². The average molecular weight is 420 g/mol. The van der Waals surface area contributed by atoms with Crippen LogP contribution in [0.2, 0.25) is 0 Å². The summed E-state index contributed by atoms with van der Waals surface area (Å²) in [4.78, 5) is 16.7. The van der Waals surface area contributed by atoms with E-state index in [0.29, 0.717) is 17.2 Å². The van der Waals surface area contributed by atoms with E-state index in [1.165, 1.54) is 4.57 Å². The van der Waals surface area contributed by atoms with Crippen molar-refractivity contribution in [3.05, 3.63) is 37.9 Å². The molecule has 2 aromatic rings. The molecule has 1 aromatic heterocycles. The summed E-state index contributed by atoms with van der Waals surface area (Å²) >= 11 is 5.29. The number of hydrogen-bond donors (Lipinski definition) is 2. The molecule has 156 valence electrons. The second-order valence-electron chi connectivity index (χ2n) is 7.60. The zero-order valence-electron chi connectivity index (χ0n) is 17.0. The predicted molar refractivity (Wildman–Crippen MR) is 107 cm³/mol. The summed E-state index contributed by atoms with van der Waals surface area (Å²) in [5.41, 5.74) is 1.53. The van der Waals surface area contributed by atoms with Crippen LogP contribution in [0, 0.1) is 4.77 Å². The van der Waals surface area contributed by atoms with E-state index >= 15 is 0 Å². The molecule has 0 radical (unpaired) electrons. The minimum absolute atomic E-state index is 0.118. The molecule has 1 unspecified atom stereocenters. The standard InChI is InChI=1S/C20H25N3O5S/c1-5-10(2)23-19(25)14(18(24)21-20(23)29)15-13-11(6-7-22(15)3)8-12-16(17(13)26-4)28-9-27-12/h8,10,15,25H,5-7,9H2,1-4H3,(H,21,24,29)/t10-,15-/m0/s1. The van der Waals surface area contributed by atoms with Gasteiger partial charge in [0.15, 0.2) is 16.3 Å².